The first kappa shape index (κ1) is 23.4. The van der Waals surface area contributed by atoms with Crippen molar-refractivity contribution in [2.75, 3.05) is 19.5 Å². The lowest BCUT2D eigenvalue weighted by atomic mass is 9.95. The Kier molecular flexibility index (Phi) is 8.82. The number of hydrogen-bond acceptors (Lipinski definition) is 7. The summed E-state index contributed by atoms with van der Waals surface area (Å²) in [5.74, 6) is 13.1. The Bertz CT molecular complexity index is 935. The number of nitrogens with two attached hydrogens (primary N) is 1. The van der Waals surface area contributed by atoms with Crippen molar-refractivity contribution < 1.29 is 9.53 Å². The number of carbonyl (C=O) groups excluding carboxylic acids is 1. The Balaban J connectivity index is 0.00000320. The summed E-state index contributed by atoms with van der Waals surface area (Å²) in [7, 11) is 1.57. The van der Waals surface area contributed by atoms with Gasteiger partial charge in [0.1, 0.15) is 11.1 Å². The smallest absolute Gasteiger partial charge is 0.252 e. The Morgan fingerprint density at radius 2 is 2.27 bits per heavy atom. The lowest BCUT2D eigenvalue weighted by molar-refractivity contribution is -0.116. The molecule has 1 aromatic carbocycles. The van der Waals surface area contributed by atoms with Crippen LogP contribution in [-0.2, 0) is 4.79 Å². The molecule has 1 saturated carbocycles. The summed E-state index contributed by atoms with van der Waals surface area (Å²) in [6, 6.07) is 7.29. The van der Waals surface area contributed by atoms with E-state index in [1.54, 1.807) is 37.6 Å². The van der Waals surface area contributed by atoms with Crippen LogP contribution in [0.4, 0.5) is 0 Å². The van der Waals surface area contributed by atoms with Crippen molar-refractivity contribution in [2.24, 2.45) is 11.8 Å². The molecule has 1 unspecified atom stereocenters. The molecule has 0 spiro atoms. The minimum absolute atomic E-state index is 0. The van der Waals surface area contributed by atoms with Crippen molar-refractivity contribution in [3.63, 3.8) is 0 Å². The number of rotatable bonds is 7. The van der Waals surface area contributed by atoms with Crippen molar-refractivity contribution >= 4 is 23.2 Å². The zero-order chi connectivity index (χ0) is 20.6. The molecular weight excluding hydrogens is 398 g/mol. The third kappa shape index (κ3) is 6.04. The summed E-state index contributed by atoms with van der Waals surface area (Å²) in [6.45, 7) is 0.456. The Morgan fingerprint density at radius 1 is 1.47 bits per heavy atom. The van der Waals surface area contributed by atoms with E-state index >= 15 is 0 Å². The lowest BCUT2D eigenvalue weighted by Crippen LogP contribution is -2.34. The van der Waals surface area contributed by atoms with Gasteiger partial charge in [0.25, 0.3) is 5.91 Å². The molecule has 1 heterocycles. The molecule has 1 aliphatic heterocycles. The average Bonchev–Trinajstić information content (AvgIpc) is 3.60. The van der Waals surface area contributed by atoms with Crippen LogP contribution >= 0.6 is 11.8 Å². The predicted octanol–water partition coefficient (Wildman–Crippen LogP) is 2.08. The molecule has 1 amide bonds. The maximum absolute atomic E-state index is 12.8. The molecular formula is C22H27N5O2S. The molecule has 1 atom stereocenters. The molecule has 3 rings (SSSR count). The zero-order valence-corrected chi connectivity index (χ0v) is 16.9. The summed E-state index contributed by atoms with van der Waals surface area (Å²) >= 11 is 1.42. The van der Waals surface area contributed by atoms with Crippen LogP contribution in [0.1, 0.15) is 31.4 Å². The van der Waals surface area contributed by atoms with Gasteiger partial charge in [-0.3, -0.25) is 10.6 Å². The maximum Gasteiger partial charge on any atom is 0.252 e. The highest BCUT2D eigenvalue weighted by Gasteiger charge is 2.21. The van der Waals surface area contributed by atoms with E-state index in [0.717, 1.165) is 24.0 Å². The number of hydrazine groups is 1. The maximum atomic E-state index is 12.8. The molecule has 1 aromatic rings. The third-order valence-electron chi connectivity index (χ3n) is 4.50. The van der Waals surface area contributed by atoms with Crippen LogP contribution in [0, 0.1) is 29.1 Å². The molecule has 2 aliphatic rings. The van der Waals surface area contributed by atoms with Gasteiger partial charge >= 0.3 is 0 Å². The van der Waals surface area contributed by atoms with Gasteiger partial charge in [0.2, 0.25) is 0 Å². The fourth-order valence-electron chi connectivity index (χ4n) is 2.80. The molecule has 0 saturated heterocycles. The van der Waals surface area contributed by atoms with E-state index in [0.29, 0.717) is 35.2 Å². The lowest BCUT2D eigenvalue weighted by Gasteiger charge is -2.20. The minimum atomic E-state index is -0.236. The Labute approximate surface area is 182 Å². The summed E-state index contributed by atoms with van der Waals surface area (Å²) < 4.78 is 5.44. The largest absolute Gasteiger partial charge is 0.496 e. The number of thioether (sulfide) groups is 1. The number of nitrogens with zero attached hydrogens (tertiary/aromatic N) is 1. The normalized spacial score (nSPS) is 15.6. The van der Waals surface area contributed by atoms with E-state index in [4.69, 9.17) is 10.6 Å². The minimum Gasteiger partial charge on any atom is -0.496 e. The van der Waals surface area contributed by atoms with E-state index in [1.807, 2.05) is 0 Å². The molecule has 158 valence electrons. The molecule has 0 radical (unpaired) electrons. The number of ether oxygens (including phenoxy) is 1. The first-order valence-electron chi connectivity index (χ1n) is 9.25. The Hall–Kier alpha value is -2.91. The van der Waals surface area contributed by atoms with Gasteiger partial charge in [-0.05, 0) is 48.9 Å². The van der Waals surface area contributed by atoms with E-state index in [-0.39, 0.29) is 18.7 Å². The van der Waals surface area contributed by atoms with E-state index in [2.05, 4.69) is 34.0 Å². The van der Waals surface area contributed by atoms with E-state index in [9.17, 15) is 10.1 Å². The van der Waals surface area contributed by atoms with Crippen LogP contribution in [0.25, 0.3) is 5.57 Å². The molecule has 1 fully saturated rings. The number of carbonyl (C=O) groups is 1. The topological polar surface area (TPSA) is 112 Å². The number of methoxy groups -OCH3 is 1. The van der Waals surface area contributed by atoms with E-state index in [1.165, 1.54) is 11.8 Å². The highest BCUT2D eigenvalue weighted by molar-refractivity contribution is 8.00. The number of benzene rings is 1. The van der Waals surface area contributed by atoms with Gasteiger partial charge in [0, 0.05) is 23.6 Å². The molecule has 8 heteroatoms. The van der Waals surface area contributed by atoms with Crippen LogP contribution in [0.5, 0.6) is 5.75 Å². The van der Waals surface area contributed by atoms with Crippen LogP contribution in [0.3, 0.4) is 0 Å². The molecule has 5 N–H and O–H groups in total. The van der Waals surface area contributed by atoms with Gasteiger partial charge in [-0.15, -0.1) is 11.8 Å². The second-order valence-corrected chi connectivity index (χ2v) is 7.65. The zero-order valence-electron chi connectivity index (χ0n) is 16.1. The highest BCUT2D eigenvalue weighted by atomic mass is 32.2. The third-order valence-corrected chi connectivity index (χ3v) is 5.40. The summed E-state index contributed by atoms with van der Waals surface area (Å²) in [6.07, 6.45) is 5.76. The number of hydrogen-bond donors (Lipinski definition) is 4. The van der Waals surface area contributed by atoms with Crippen LogP contribution in [-0.4, -0.2) is 30.8 Å². The predicted molar refractivity (Wildman–Crippen MR) is 121 cm³/mol. The van der Waals surface area contributed by atoms with E-state index < -0.39 is 0 Å². The van der Waals surface area contributed by atoms with Crippen LogP contribution < -0.4 is 26.6 Å². The Morgan fingerprint density at radius 3 is 2.93 bits per heavy atom. The standard InChI is InChI=1S/C21H23N5O2S.CH4/c1-28-19-6-4-15(11-22)10-17(19)18-12-24-9-8-16(18)21(27)25-13-29-20(26-23)7-5-14-2-3-14;/h4,6,8-10,14,20,24,26H,2-3,12-13,23H2,1H3,(H,25,27);1H4. The summed E-state index contributed by atoms with van der Waals surface area (Å²) in [5.41, 5.74) is 5.18. The van der Waals surface area contributed by atoms with Gasteiger partial charge in [-0.2, -0.15) is 5.26 Å². The first-order chi connectivity index (χ1) is 14.2. The molecule has 30 heavy (non-hydrogen) atoms. The molecule has 0 aromatic heterocycles. The number of amides is 1. The quantitative estimate of drug-likeness (QED) is 0.229. The van der Waals surface area contributed by atoms with Crippen LogP contribution in [0.2, 0.25) is 0 Å². The molecule has 1 aliphatic carbocycles. The summed E-state index contributed by atoms with van der Waals surface area (Å²) in [4.78, 5) is 12.8. The fourth-order valence-corrected chi connectivity index (χ4v) is 3.43. The first-order valence-corrected chi connectivity index (χ1v) is 10.3. The van der Waals surface area contributed by atoms with Gasteiger partial charge in [0.05, 0.1) is 24.6 Å². The SMILES string of the molecule is C.COc1ccc(C#N)cc1C1=C(C(=O)NCSC(C#CC2CC2)NN)C=CNC1. The molecule has 0 bridgehead atoms. The number of nitriles is 1. The number of dihydropyridines is 1. The van der Waals surface area contributed by atoms with Crippen molar-refractivity contribution in [1.82, 2.24) is 16.1 Å². The van der Waals surface area contributed by atoms with Gasteiger partial charge < -0.3 is 15.4 Å². The summed E-state index contributed by atoms with van der Waals surface area (Å²) in [5, 5.41) is 15.0. The van der Waals surface area contributed by atoms with Crippen molar-refractivity contribution in [3.05, 3.63) is 47.2 Å². The van der Waals surface area contributed by atoms with Gasteiger partial charge in [-0.1, -0.05) is 19.3 Å². The van der Waals surface area contributed by atoms with Gasteiger partial charge in [-0.25, -0.2) is 5.43 Å². The van der Waals surface area contributed by atoms with Crippen molar-refractivity contribution in [3.8, 4) is 23.7 Å². The van der Waals surface area contributed by atoms with Crippen molar-refractivity contribution in [1.29, 1.82) is 5.26 Å². The highest BCUT2D eigenvalue weighted by Crippen LogP contribution is 2.31. The van der Waals surface area contributed by atoms with Gasteiger partial charge in [0.15, 0.2) is 0 Å². The molecule has 7 nitrogen and oxygen atoms in total. The fraction of sp³-hybridized carbons (Fsp3) is 0.364. The number of nitrogens with one attached hydrogen (secondary N) is 3. The monoisotopic (exact) mass is 425 g/mol. The second-order valence-electron chi connectivity index (χ2n) is 6.56. The average molecular weight is 426 g/mol. The van der Waals surface area contributed by atoms with Crippen molar-refractivity contribution in [2.45, 2.75) is 25.6 Å². The second kappa shape index (κ2) is 11.3. The van der Waals surface area contributed by atoms with Crippen LogP contribution in [0.15, 0.2) is 36.0 Å².